The van der Waals surface area contributed by atoms with Crippen molar-refractivity contribution in [1.82, 2.24) is 10.3 Å². The maximum absolute atomic E-state index is 13.1. The molecule has 0 radical (unpaired) electrons. The lowest BCUT2D eigenvalue weighted by atomic mass is 9.80. The molecule has 2 aromatic rings. The normalized spacial score (nSPS) is 15.4. The van der Waals surface area contributed by atoms with E-state index >= 15 is 0 Å². The Balaban J connectivity index is 1.53. The van der Waals surface area contributed by atoms with Crippen LogP contribution < -0.4 is 10.1 Å². The van der Waals surface area contributed by atoms with Gasteiger partial charge in [0.25, 0.3) is 5.91 Å². The molecule has 0 saturated heterocycles. The number of carbonyl (C=O) groups is 1. The smallest absolute Gasteiger partial charge is 0.253 e. The van der Waals surface area contributed by atoms with Gasteiger partial charge in [0.05, 0.1) is 11.3 Å². The largest absolute Gasteiger partial charge is 0.487 e. The van der Waals surface area contributed by atoms with E-state index in [-0.39, 0.29) is 24.4 Å². The van der Waals surface area contributed by atoms with E-state index in [9.17, 15) is 9.18 Å². The van der Waals surface area contributed by atoms with E-state index in [1.54, 1.807) is 30.5 Å². The molecule has 1 atom stereocenters. The zero-order valence-corrected chi connectivity index (χ0v) is 13.7. The first kappa shape index (κ1) is 16.4. The SMILES string of the molecule is CC(NC(=O)c1ccc(COc2cccc(F)c2)nc1)C1CCC1. The lowest BCUT2D eigenvalue weighted by Crippen LogP contribution is -2.40. The Morgan fingerprint density at radius 1 is 1.38 bits per heavy atom. The molecule has 24 heavy (non-hydrogen) atoms. The monoisotopic (exact) mass is 328 g/mol. The van der Waals surface area contributed by atoms with E-state index in [0.29, 0.717) is 22.9 Å². The molecule has 5 heteroatoms. The first-order chi connectivity index (χ1) is 11.6. The Morgan fingerprint density at radius 2 is 2.21 bits per heavy atom. The van der Waals surface area contributed by atoms with Crippen molar-refractivity contribution in [2.24, 2.45) is 5.92 Å². The third-order valence-corrected chi connectivity index (χ3v) is 4.49. The predicted molar refractivity (Wildman–Crippen MR) is 89.2 cm³/mol. The Labute approximate surface area is 141 Å². The second kappa shape index (κ2) is 7.43. The second-order valence-corrected chi connectivity index (χ2v) is 6.24. The summed E-state index contributed by atoms with van der Waals surface area (Å²) in [5, 5.41) is 3.03. The van der Waals surface area contributed by atoms with E-state index in [0.717, 1.165) is 0 Å². The maximum Gasteiger partial charge on any atom is 0.253 e. The van der Waals surface area contributed by atoms with Crippen LogP contribution in [0.5, 0.6) is 5.75 Å². The molecule has 4 nitrogen and oxygen atoms in total. The van der Waals surface area contributed by atoms with Crippen LogP contribution in [0.25, 0.3) is 0 Å². The molecule has 0 spiro atoms. The molecule has 1 heterocycles. The molecule has 1 aliphatic carbocycles. The fourth-order valence-electron chi connectivity index (χ4n) is 2.71. The van der Waals surface area contributed by atoms with Crippen LogP contribution in [0.2, 0.25) is 0 Å². The van der Waals surface area contributed by atoms with E-state index in [2.05, 4.69) is 17.2 Å². The molecular formula is C19H21FN2O2. The molecular weight excluding hydrogens is 307 g/mol. The first-order valence-electron chi connectivity index (χ1n) is 8.26. The topological polar surface area (TPSA) is 51.2 Å². The van der Waals surface area contributed by atoms with Crippen LogP contribution in [0.1, 0.15) is 42.2 Å². The quantitative estimate of drug-likeness (QED) is 0.879. The summed E-state index contributed by atoms with van der Waals surface area (Å²) in [5.41, 5.74) is 1.22. The van der Waals surface area contributed by atoms with Crippen LogP contribution in [-0.2, 0) is 6.61 Å². The molecule has 1 amide bonds. The van der Waals surface area contributed by atoms with Crippen molar-refractivity contribution in [1.29, 1.82) is 0 Å². The highest BCUT2D eigenvalue weighted by Crippen LogP contribution is 2.29. The molecule has 1 aliphatic rings. The third-order valence-electron chi connectivity index (χ3n) is 4.49. The summed E-state index contributed by atoms with van der Waals surface area (Å²) in [6, 6.07) is 9.65. The molecule has 1 N–H and O–H groups in total. The van der Waals surface area contributed by atoms with Gasteiger partial charge in [0.15, 0.2) is 0 Å². The van der Waals surface area contributed by atoms with Crippen LogP contribution >= 0.6 is 0 Å². The number of carbonyl (C=O) groups excluding carboxylic acids is 1. The number of nitrogens with one attached hydrogen (secondary N) is 1. The van der Waals surface area contributed by atoms with E-state index in [1.165, 1.54) is 31.4 Å². The average Bonchev–Trinajstić information content (AvgIpc) is 2.51. The van der Waals surface area contributed by atoms with Crippen LogP contribution in [0, 0.1) is 11.7 Å². The number of hydrogen-bond acceptors (Lipinski definition) is 3. The van der Waals surface area contributed by atoms with Gasteiger partial charge in [0.2, 0.25) is 0 Å². The van der Waals surface area contributed by atoms with Gasteiger partial charge in [0, 0.05) is 18.3 Å². The summed E-state index contributed by atoms with van der Waals surface area (Å²) in [6.07, 6.45) is 5.19. The highest BCUT2D eigenvalue weighted by molar-refractivity contribution is 5.94. The minimum atomic E-state index is -0.340. The third kappa shape index (κ3) is 4.10. The summed E-state index contributed by atoms with van der Waals surface area (Å²) in [6.45, 7) is 2.28. The molecule has 1 saturated carbocycles. The molecule has 1 unspecified atom stereocenters. The summed E-state index contributed by atoms with van der Waals surface area (Å²) in [7, 11) is 0. The second-order valence-electron chi connectivity index (χ2n) is 6.24. The predicted octanol–water partition coefficient (Wildman–Crippen LogP) is 3.72. The summed E-state index contributed by atoms with van der Waals surface area (Å²) in [4.78, 5) is 16.4. The number of nitrogens with zero attached hydrogens (tertiary/aromatic N) is 1. The molecule has 1 aromatic heterocycles. The van der Waals surface area contributed by atoms with Crippen molar-refractivity contribution in [3.63, 3.8) is 0 Å². The number of benzene rings is 1. The molecule has 0 aliphatic heterocycles. The van der Waals surface area contributed by atoms with Crippen molar-refractivity contribution in [3.05, 3.63) is 59.7 Å². The van der Waals surface area contributed by atoms with Crippen LogP contribution in [0.4, 0.5) is 4.39 Å². The molecule has 1 fully saturated rings. The van der Waals surface area contributed by atoms with Crippen LogP contribution in [0.3, 0.4) is 0 Å². The van der Waals surface area contributed by atoms with E-state index < -0.39 is 0 Å². The number of aromatic nitrogens is 1. The average molecular weight is 328 g/mol. The van der Waals surface area contributed by atoms with Crippen molar-refractivity contribution in [2.45, 2.75) is 38.8 Å². The van der Waals surface area contributed by atoms with E-state index in [4.69, 9.17) is 4.74 Å². The number of hydrogen-bond donors (Lipinski definition) is 1. The van der Waals surface area contributed by atoms with Gasteiger partial charge in [-0.15, -0.1) is 0 Å². The zero-order valence-electron chi connectivity index (χ0n) is 13.7. The number of amides is 1. The van der Waals surface area contributed by atoms with Crippen molar-refractivity contribution in [3.8, 4) is 5.75 Å². The Hall–Kier alpha value is -2.43. The fraction of sp³-hybridized carbons (Fsp3) is 0.368. The van der Waals surface area contributed by atoms with Gasteiger partial charge in [0.1, 0.15) is 18.2 Å². The zero-order chi connectivity index (χ0) is 16.9. The standard InChI is InChI=1S/C19H21FN2O2/c1-13(14-4-2-5-14)22-19(23)15-8-9-17(21-11-15)12-24-18-7-3-6-16(20)10-18/h3,6-11,13-14H,2,4-5,12H2,1H3,(H,22,23). The molecule has 126 valence electrons. The Kier molecular flexibility index (Phi) is 5.08. The van der Waals surface area contributed by atoms with Crippen LogP contribution in [0.15, 0.2) is 42.6 Å². The van der Waals surface area contributed by atoms with Crippen molar-refractivity contribution < 1.29 is 13.9 Å². The van der Waals surface area contributed by atoms with Crippen molar-refractivity contribution >= 4 is 5.91 Å². The molecule has 1 aromatic carbocycles. The van der Waals surface area contributed by atoms with Gasteiger partial charge in [-0.25, -0.2) is 4.39 Å². The van der Waals surface area contributed by atoms with Gasteiger partial charge in [-0.05, 0) is 49.9 Å². The highest BCUT2D eigenvalue weighted by Gasteiger charge is 2.25. The number of rotatable bonds is 6. The fourth-order valence-corrected chi connectivity index (χ4v) is 2.71. The Morgan fingerprint density at radius 3 is 2.83 bits per heavy atom. The summed E-state index contributed by atoms with van der Waals surface area (Å²) >= 11 is 0. The minimum Gasteiger partial charge on any atom is -0.487 e. The Bertz CT molecular complexity index is 699. The molecule has 0 bridgehead atoms. The number of ether oxygens (including phenoxy) is 1. The number of pyridine rings is 1. The highest BCUT2D eigenvalue weighted by atomic mass is 19.1. The van der Waals surface area contributed by atoms with Crippen molar-refractivity contribution in [2.75, 3.05) is 0 Å². The summed E-state index contributed by atoms with van der Waals surface area (Å²) in [5.74, 6) is 0.612. The molecule has 3 rings (SSSR count). The minimum absolute atomic E-state index is 0.0977. The summed E-state index contributed by atoms with van der Waals surface area (Å²) < 4.78 is 18.6. The lowest BCUT2D eigenvalue weighted by Gasteiger charge is -2.31. The van der Waals surface area contributed by atoms with Gasteiger partial charge in [-0.3, -0.25) is 9.78 Å². The van der Waals surface area contributed by atoms with Gasteiger partial charge in [-0.2, -0.15) is 0 Å². The van der Waals surface area contributed by atoms with Gasteiger partial charge < -0.3 is 10.1 Å². The maximum atomic E-state index is 13.1. The van der Waals surface area contributed by atoms with E-state index in [1.807, 2.05) is 0 Å². The lowest BCUT2D eigenvalue weighted by molar-refractivity contribution is 0.0909. The first-order valence-corrected chi connectivity index (χ1v) is 8.26. The van der Waals surface area contributed by atoms with Gasteiger partial charge >= 0.3 is 0 Å². The van der Waals surface area contributed by atoms with Gasteiger partial charge in [-0.1, -0.05) is 12.5 Å². The number of halogens is 1. The van der Waals surface area contributed by atoms with Crippen LogP contribution in [-0.4, -0.2) is 16.9 Å².